The number of rotatable bonds is 3. The summed E-state index contributed by atoms with van der Waals surface area (Å²) in [6.07, 6.45) is 1.84. The van der Waals surface area contributed by atoms with Crippen molar-refractivity contribution in [1.29, 1.82) is 0 Å². The van der Waals surface area contributed by atoms with E-state index in [2.05, 4.69) is 33.2 Å². The van der Waals surface area contributed by atoms with E-state index in [4.69, 9.17) is 5.73 Å². The molecule has 3 rings (SSSR count). The van der Waals surface area contributed by atoms with Crippen molar-refractivity contribution in [2.75, 3.05) is 0 Å². The van der Waals surface area contributed by atoms with E-state index in [1.807, 2.05) is 53.3 Å². The van der Waals surface area contributed by atoms with Gasteiger partial charge >= 0.3 is 0 Å². The fraction of sp³-hybridized carbons (Fsp3) is 0.0625. The molecule has 2 aromatic carbocycles. The fourth-order valence-electron chi connectivity index (χ4n) is 2.24. The largest absolute Gasteiger partial charge is 0.326 e. The predicted octanol–water partition coefficient (Wildman–Crippen LogP) is 3.76. The first-order chi connectivity index (χ1) is 9.81. The van der Waals surface area contributed by atoms with Gasteiger partial charge in [-0.05, 0) is 28.1 Å². The lowest BCUT2D eigenvalue weighted by Crippen LogP contribution is -2.03. The molecule has 0 amide bonds. The van der Waals surface area contributed by atoms with Crippen LogP contribution in [0.4, 0.5) is 0 Å². The Morgan fingerprint density at radius 3 is 2.40 bits per heavy atom. The summed E-state index contributed by atoms with van der Waals surface area (Å²) in [5.74, 6) is 0. The van der Waals surface area contributed by atoms with E-state index in [0.717, 1.165) is 27.0 Å². The zero-order chi connectivity index (χ0) is 13.9. The molecule has 0 aliphatic rings. The minimum Gasteiger partial charge on any atom is -0.326 e. The van der Waals surface area contributed by atoms with Crippen LogP contribution in [0.25, 0.3) is 16.9 Å². The molecule has 1 heterocycles. The number of nitrogens with two attached hydrogens (primary N) is 1. The van der Waals surface area contributed by atoms with Crippen LogP contribution in [0.15, 0.2) is 65.3 Å². The smallest absolute Gasteiger partial charge is 0.0794 e. The van der Waals surface area contributed by atoms with Crippen molar-refractivity contribution in [3.63, 3.8) is 0 Å². The first-order valence-corrected chi connectivity index (χ1v) is 7.18. The fourth-order valence-corrected chi connectivity index (χ4v) is 2.69. The second kappa shape index (κ2) is 5.61. The maximum Gasteiger partial charge on any atom is 0.0794 e. The molecule has 100 valence electrons. The Hall–Kier alpha value is -1.91. The van der Waals surface area contributed by atoms with Crippen LogP contribution in [0.3, 0.4) is 0 Å². The third-order valence-corrected chi connectivity index (χ3v) is 3.86. The van der Waals surface area contributed by atoms with Gasteiger partial charge in [-0.3, -0.25) is 0 Å². The van der Waals surface area contributed by atoms with Gasteiger partial charge < -0.3 is 5.73 Å². The Morgan fingerprint density at radius 2 is 1.70 bits per heavy atom. The second-order valence-electron chi connectivity index (χ2n) is 4.45. The lowest BCUT2D eigenvalue weighted by atomic mass is 10.1. The molecule has 0 fully saturated rings. The van der Waals surface area contributed by atoms with Crippen molar-refractivity contribution in [1.82, 2.24) is 9.78 Å². The number of nitrogens with zero attached hydrogens (tertiary/aromatic N) is 2. The van der Waals surface area contributed by atoms with Gasteiger partial charge in [0.25, 0.3) is 0 Å². The lowest BCUT2D eigenvalue weighted by molar-refractivity contribution is 0.883. The van der Waals surface area contributed by atoms with Crippen molar-refractivity contribution in [2.45, 2.75) is 6.54 Å². The average Bonchev–Trinajstić information content (AvgIpc) is 2.92. The predicted molar refractivity (Wildman–Crippen MR) is 84.6 cm³/mol. The molecule has 20 heavy (non-hydrogen) atoms. The van der Waals surface area contributed by atoms with Crippen molar-refractivity contribution in [3.05, 3.63) is 70.8 Å². The van der Waals surface area contributed by atoms with Gasteiger partial charge in [0.15, 0.2) is 0 Å². The van der Waals surface area contributed by atoms with Gasteiger partial charge in [-0.1, -0.05) is 42.5 Å². The van der Waals surface area contributed by atoms with Crippen LogP contribution in [0.2, 0.25) is 0 Å². The maximum atomic E-state index is 5.85. The van der Waals surface area contributed by atoms with Crippen LogP contribution >= 0.6 is 15.9 Å². The summed E-state index contributed by atoms with van der Waals surface area (Å²) in [6.45, 7) is 0.467. The van der Waals surface area contributed by atoms with Crippen LogP contribution < -0.4 is 5.73 Å². The SMILES string of the molecule is NCc1cnn(-c2ccccc2Br)c1-c1ccccc1. The molecule has 3 nitrogen and oxygen atoms in total. The summed E-state index contributed by atoms with van der Waals surface area (Å²) in [5, 5.41) is 4.50. The molecule has 0 unspecified atom stereocenters. The van der Waals surface area contributed by atoms with Crippen LogP contribution in [-0.2, 0) is 6.54 Å². The van der Waals surface area contributed by atoms with Gasteiger partial charge in [0.05, 0.1) is 17.6 Å². The first kappa shape index (κ1) is 13.1. The highest BCUT2D eigenvalue weighted by molar-refractivity contribution is 9.10. The molecule has 1 aromatic heterocycles. The molecule has 2 N–H and O–H groups in total. The number of para-hydroxylation sites is 1. The summed E-state index contributed by atoms with van der Waals surface area (Å²) >= 11 is 3.58. The highest BCUT2D eigenvalue weighted by atomic mass is 79.9. The van der Waals surface area contributed by atoms with Gasteiger partial charge in [-0.25, -0.2) is 4.68 Å². The molecule has 0 spiro atoms. The topological polar surface area (TPSA) is 43.8 Å². The Labute approximate surface area is 126 Å². The third-order valence-electron chi connectivity index (χ3n) is 3.19. The Bertz CT molecular complexity index is 720. The minimum atomic E-state index is 0.467. The quantitative estimate of drug-likeness (QED) is 0.795. The van der Waals surface area contributed by atoms with E-state index in [0.29, 0.717) is 6.54 Å². The molecular formula is C16H14BrN3. The van der Waals surface area contributed by atoms with Gasteiger partial charge in [0.1, 0.15) is 0 Å². The highest BCUT2D eigenvalue weighted by Crippen LogP contribution is 2.29. The molecule has 0 saturated heterocycles. The van der Waals surface area contributed by atoms with E-state index >= 15 is 0 Å². The van der Waals surface area contributed by atoms with Crippen molar-refractivity contribution >= 4 is 15.9 Å². The molecule has 0 aliphatic carbocycles. The maximum absolute atomic E-state index is 5.85. The molecule has 0 bridgehead atoms. The van der Waals surface area contributed by atoms with Crippen LogP contribution in [-0.4, -0.2) is 9.78 Å². The monoisotopic (exact) mass is 327 g/mol. The number of benzene rings is 2. The zero-order valence-corrected chi connectivity index (χ0v) is 12.4. The van der Waals surface area contributed by atoms with Gasteiger partial charge in [0, 0.05) is 22.1 Å². The first-order valence-electron chi connectivity index (χ1n) is 6.38. The van der Waals surface area contributed by atoms with Crippen molar-refractivity contribution in [2.24, 2.45) is 5.73 Å². The van der Waals surface area contributed by atoms with Crippen molar-refractivity contribution < 1.29 is 0 Å². The lowest BCUT2D eigenvalue weighted by Gasteiger charge is -2.11. The summed E-state index contributed by atoms with van der Waals surface area (Å²) in [6, 6.07) is 18.2. The van der Waals surface area contributed by atoms with E-state index < -0.39 is 0 Å². The number of hydrogen-bond acceptors (Lipinski definition) is 2. The van der Waals surface area contributed by atoms with Crippen molar-refractivity contribution in [3.8, 4) is 16.9 Å². The minimum absolute atomic E-state index is 0.467. The summed E-state index contributed by atoms with van der Waals surface area (Å²) < 4.78 is 2.94. The number of hydrogen-bond donors (Lipinski definition) is 1. The van der Waals surface area contributed by atoms with Gasteiger partial charge in [-0.15, -0.1) is 0 Å². The van der Waals surface area contributed by atoms with Gasteiger partial charge in [-0.2, -0.15) is 5.10 Å². The molecule has 3 aromatic rings. The molecule has 0 atom stereocenters. The summed E-state index contributed by atoms with van der Waals surface area (Å²) in [5.41, 5.74) is 10.0. The van der Waals surface area contributed by atoms with Crippen LogP contribution in [0, 0.1) is 0 Å². The van der Waals surface area contributed by atoms with E-state index in [9.17, 15) is 0 Å². The zero-order valence-electron chi connectivity index (χ0n) is 10.8. The standard InChI is InChI=1S/C16H14BrN3/c17-14-8-4-5-9-15(14)20-16(13(10-18)11-19-20)12-6-2-1-3-7-12/h1-9,11H,10,18H2. The molecular weight excluding hydrogens is 314 g/mol. The molecule has 4 heteroatoms. The van der Waals surface area contributed by atoms with E-state index in [1.165, 1.54) is 0 Å². The molecule has 0 radical (unpaired) electrons. The average molecular weight is 328 g/mol. The normalized spacial score (nSPS) is 10.7. The van der Waals surface area contributed by atoms with Crippen LogP contribution in [0.1, 0.15) is 5.56 Å². The number of halogens is 1. The Kier molecular flexibility index (Phi) is 3.67. The number of aromatic nitrogens is 2. The highest BCUT2D eigenvalue weighted by Gasteiger charge is 2.14. The third kappa shape index (κ3) is 2.28. The van der Waals surface area contributed by atoms with E-state index in [1.54, 1.807) is 0 Å². The Morgan fingerprint density at radius 1 is 1.00 bits per heavy atom. The van der Waals surface area contributed by atoms with Crippen LogP contribution in [0.5, 0.6) is 0 Å². The molecule has 0 saturated carbocycles. The summed E-state index contributed by atoms with van der Waals surface area (Å²) in [4.78, 5) is 0. The Balaban J connectivity index is 2.24. The summed E-state index contributed by atoms with van der Waals surface area (Å²) in [7, 11) is 0. The second-order valence-corrected chi connectivity index (χ2v) is 5.31. The van der Waals surface area contributed by atoms with Gasteiger partial charge in [0.2, 0.25) is 0 Å². The molecule has 0 aliphatic heterocycles. The van der Waals surface area contributed by atoms with E-state index in [-0.39, 0.29) is 0 Å².